The van der Waals surface area contributed by atoms with Crippen LogP contribution in [0.3, 0.4) is 0 Å². The van der Waals surface area contributed by atoms with E-state index in [1.165, 1.54) is 25.1 Å². The van der Waals surface area contributed by atoms with Crippen LogP contribution in [0.2, 0.25) is 5.02 Å². The Labute approximate surface area is 168 Å². The molecule has 1 aliphatic rings. The fourth-order valence-electron chi connectivity index (χ4n) is 2.88. The minimum Gasteiger partial charge on any atom is -0.494 e. The summed E-state index contributed by atoms with van der Waals surface area (Å²) in [6.45, 7) is 3.95. The number of carbonyl (C=O) groups excluding carboxylic acids is 2. The summed E-state index contributed by atoms with van der Waals surface area (Å²) >= 11 is 6.12. The van der Waals surface area contributed by atoms with Gasteiger partial charge in [0.2, 0.25) is 15.9 Å². The third-order valence-corrected chi connectivity index (χ3v) is 6.38. The monoisotopic (exact) mass is 422 g/mol. The van der Waals surface area contributed by atoms with Crippen LogP contribution in [0.25, 0.3) is 0 Å². The average molecular weight is 423 g/mol. The first-order valence-corrected chi connectivity index (χ1v) is 10.6. The van der Waals surface area contributed by atoms with E-state index >= 15 is 0 Å². The summed E-state index contributed by atoms with van der Waals surface area (Å²) in [6.07, 6.45) is 0. The number of amides is 2. The van der Waals surface area contributed by atoms with Crippen LogP contribution in [-0.4, -0.2) is 32.6 Å². The SMILES string of the molecule is CCOc1ccc(NC(=O)c2ccc(Cl)c(N3C(=O)C(C)CS3(=O)=O)c2)cc1. The van der Waals surface area contributed by atoms with Gasteiger partial charge in [0, 0.05) is 11.3 Å². The molecule has 2 aromatic carbocycles. The maximum atomic E-state index is 12.6. The summed E-state index contributed by atoms with van der Waals surface area (Å²) in [7, 11) is -3.82. The van der Waals surface area contributed by atoms with Crippen LogP contribution in [0.4, 0.5) is 11.4 Å². The van der Waals surface area contributed by atoms with Crippen LogP contribution in [0.15, 0.2) is 42.5 Å². The van der Waals surface area contributed by atoms with E-state index in [0.29, 0.717) is 22.3 Å². The molecule has 1 saturated heterocycles. The molecule has 0 saturated carbocycles. The fraction of sp³-hybridized carbons (Fsp3) is 0.263. The molecular weight excluding hydrogens is 404 g/mol. The topological polar surface area (TPSA) is 92.8 Å². The van der Waals surface area contributed by atoms with Gasteiger partial charge in [0.25, 0.3) is 5.91 Å². The van der Waals surface area contributed by atoms with Crippen LogP contribution < -0.4 is 14.4 Å². The summed E-state index contributed by atoms with van der Waals surface area (Å²) in [6, 6.07) is 11.0. The van der Waals surface area contributed by atoms with E-state index in [1.807, 2.05) is 6.92 Å². The molecule has 1 N–H and O–H groups in total. The number of halogens is 1. The van der Waals surface area contributed by atoms with Crippen molar-refractivity contribution in [3.63, 3.8) is 0 Å². The van der Waals surface area contributed by atoms with Crippen molar-refractivity contribution in [2.45, 2.75) is 13.8 Å². The van der Waals surface area contributed by atoms with Crippen molar-refractivity contribution >= 4 is 44.8 Å². The van der Waals surface area contributed by atoms with E-state index in [1.54, 1.807) is 24.3 Å². The Balaban J connectivity index is 1.86. The first-order valence-electron chi connectivity index (χ1n) is 8.63. The number of nitrogens with one attached hydrogen (secondary N) is 1. The summed E-state index contributed by atoms with van der Waals surface area (Å²) < 4.78 is 30.7. The molecule has 7 nitrogen and oxygen atoms in total. The summed E-state index contributed by atoms with van der Waals surface area (Å²) in [5, 5.41) is 2.79. The molecule has 0 aliphatic carbocycles. The number of carbonyl (C=O) groups is 2. The van der Waals surface area contributed by atoms with Crippen molar-refractivity contribution in [1.29, 1.82) is 0 Å². The van der Waals surface area contributed by atoms with Gasteiger partial charge in [0.15, 0.2) is 0 Å². The average Bonchev–Trinajstić information content (AvgIpc) is 2.84. The molecule has 1 atom stereocenters. The van der Waals surface area contributed by atoms with Gasteiger partial charge in [-0.1, -0.05) is 18.5 Å². The Kier molecular flexibility index (Phi) is 5.62. The smallest absolute Gasteiger partial charge is 0.255 e. The molecule has 0 bridgehead atoms. The molecule has 9 heteroatoms. The molecule has 0 radical (unpaired) electrons. The largest absolute Gasteiger partial charge is 0.494 e. The Bertz CT molecular complexity index is 1020. The molecule has 148 valence electrons. The summed E-state index contributed by atoms with van der Waals surface area (Å²) in [4.78, 5) is 24.9. The van der Waals surface area contributed by atoms with Crippen LogP contribution >= 0.6 is 11.6 Å². The molecule has 1 heterocycles. The second-order valence-corrected chi connectivity index (χ2v) is 8.63. The van der Waals surface area contributed by atoms with Gasteiger partial charge in [0.1, 0.15) is 5.75 Å². The lowest BCUT2D eigenvalue weighted by Crippen LogP contribution is -2.30. The molecule has 28 heavy (non-hydrogen) atoms. The zero-order chi connectivity index (χ0) is 20.5. The lowest BCUT2D eigenvalue weighted by Gasteiger charge is -2.18. The van der Waals surface area contributed by atoms with Gasteiger partial charge in [-0.3, -0.25) is 9.59 Å². The highest BCUT2D eigenvalue weighted by atomic mass is 35.5. The van der Waals surface area contributed by atoms with E-state index in [-0.39, 0.29) is 22.0 Å². The fourth-order valence-corrected chi connectivity index (χ4v) is 4.96. The Morgan fingerprint density at radius 1 is 1.25 bits per heavy atom. The number of rotatable bonds is 5. The molecule has 0 spiro atoms. The third kappa shape index (κ3) is 3.98. The van der Waals surface area contributed by atoms with Crippen LogP contribution in [0.5, 0.6) is 5.75 Å². The van der Waals surface area contributed by atoms with Gasteiger partial charge in [-0.15, -0.1) is 0 Å². The number of hydrogen-bond acceptors (Lipinski definition) is 5. The number of sulfonamides is 1. The molecular formula is C19H19ClN2O5S. The predicted molar refractivity (Wildman–Crippen MR) is 107 cm³/mol. The molecule has 1 unspecified atom stereocenters. The van der Waals surface area contributed by atoms with Crippen molar-refractivity contribution in [3.05, 3.63) is 53.1 Å². The van der Waals surface area contributed by atoms with Crippen molar-refractivity contribution in [1.82, 2.24) is 0 Å². The Morgan fingerprint density at radius 2 is 1.93 bits per heavy atom. The first kappa shape index (κ1) is 20.2. The van der Waals surface area contributed by atoms with Crippen LogP contribution in [0, 0.1) is 5.92 Å². The standard InChI is InChI=1S/C19H19ClN2O5S/c1-3-27-15-7-5-14(6-8-15)21-18(23)13-4-9-16(20)17(10-13)22-19(24)12(2)11-28(22,25)26/h4-10,12H,3,11H2,1-2H3,(H,21,23). The molecule has 1 fully saturated rings. The van der Waals surface area contributed by atoms with Crippen molar-refractivity contribution < 1.29 is 22.7 Å². The third-order valence-electron chi connectivity index (χ3n) is 4.21. The molecule has 2 amide bonds. The molecule has 1 aliphatic heterocycles. The van der Waals surface area contributed by atoms with Gasteiger partial charge in [0.05, 0.1) is 29.0 Å². The lowest BCUT2D eigenvalue weighted by atomic mass is 10.1. The minimum absolute atomic E-state index is 0.0182. The zero-order valence-electron chi connectivity index (χ0n) is 15.3. The number of nitrogens with zero attached hydrogens (tertiary/aromatic N) is 1. The molecule has 0 aromatic heterocycles. The summed E-state index contributed by atoms with van der Waals surface area (Å²) in [5.74, 6) is -1.29. The quantitative estimate of drug-likeness (QED) is 0.797. The van der Waals surface area contributed by atoms with Gasteiger partial charge >= 0.3 is 0 Å². The number of anilines is 2. The van der Waals surface area contributed by atoms with Gasteiger partial charge in [-0.2, -0.15) is 0 Å². The second-order valence-electron chi connectivity index (χ2n) is 6.36. The van der Waals surface area contributed by atoms with E-state index in [4.69, 9.17) is 16.3 Å². The minimum atomic E-state index is -3.82. The molecule has 2 aromatic rings. The highest BCUT2D eigenvalue weighted by Crippen LogP contribution is 2.34. The number of hydrogen-bond donors (Lipinski definition) is 1. The van der Waals surface area contributed by atoms with Gasteiger partial charge in [-0.25, -0.2) is 12.7 Å². The van der Waals surface area contributed by atoms with Gasteiger partial charge < -0.3 is 10.1 Å². The Hall–Kier alpha value is -2.58. The number of benzene rings is 2. The zero-order valence-corrected chi connectivity index (χ0v) is 16.9. The second kappa shape index (κ2) is 7.81. The predicted octanol–water partition coefficient (Wildman–Crippen LogP) is 3.30. The summed E-state index contributed by atoms with van der Waals surface area (Å²) in [5.41, 5.74) is 0.703. The van der Waals surface area contributed by atoms with Crippen molar-refractivity contribution in [2.75, 3.05) is 22.0 Å². The maximum absolute atomic E-state index is 12.6. The number of ether oxygens (including phenoxy) is 1. The van der Waals surface area contributed by atoms with E-state index in [9.17, 15) is 18.0 Å². The molecule has 3 rings (SSSR count). The van der Waals surface area contributed by atoms with E-state index in [2.05, 4.69) is 5.32 Å². The first-order chi connectivity index (χ1) is 13.2. The van der Waals surface area contributed by atoms with E-state index in [0.717, 1.165) is 0 Å². The van der Waals surface area contributed by atoms with Gasteiger partial charge in [-0.05, 0) is 49.4 Å². The Morgan fingerprint density at radius 3 is 2.50 bits per heavy atom. The van der Waals surface area contributed by atoms with Crippen molar-refractivity contribution in [2.24, 2.45) is 5.92 Å². The highest BCUT2D eigenvalue weighted by molar-refractivity contribution is 7.94. The normalized spacial score (nSPS) is 18.2. The van der Waals surface area contributed by atoms with Crippen molar-refractivity contribution in [3.8, 4) is 5.75 Å². The van der Waals surface area contributed by atoms with E-state index < -0.39 is 27.8 Å². The highest BCUT2D eigenvalue weighted by Gasteiger charge is 2.43. The maximum Gasteiger partial charge on any atom is 0.255 e. The lowest BCUT2D eigenvalue weighted by molar-refractivity contribution is -0.119. The van der Waals surface area contributed by atoms with Crippen LogP contribution in [-0.2, 0) is 14.8 Å². The van der Waals surface area contributed by atoms with Crippen LogP contribution in [0.1, 0.15) is 24.2 Å².